The van der Waals surface area contributed by atoms with Crippen molar-refractivity contribution in [1.82, 2.24) is 9.21 Å². The molecule has 8 heteroatoms. The van der Waals surface area contributed by atoms with E-state index in [0.29, 0.717) is 38.4 Å². The predicted octanol–water partition coefficient (Wildman–Crippen LogP) is 1.11. The number of carbonyl (C=O) groups is 1. The van der Waals surface area contributed by atoms with Gasteiger partial charge >= 0.3 is 5.97 Å². The van der Waals surface area contributed by atoms with E-state index in [1.165, 1.54) is 10.4 Å². The molecule has 0 radical (unpaired) electrons. The van der Waals surface area contributed by atoms with Crippen LogP contribution >= 0.6 is 0 Å². The molecule has 2 fully saturated rings. The van der Waals surface area contributed by atoms with Gasteiger partial charge in [0.25, 0.3) is 10.0 Å². The Hall–Kier alpha value is -1.38. The summed E-state index contributed by atoms with van der Waals surface area (Å²) in [6.45, 7) is 2.08. The van der Waals surface area contributed by atoms with Crippen molar-refractivity contribution in [1.29, 1.82) is 0 Å². The average molecular weight is 328 g/mol. The Morgan fingerprint density at radius 2 is 1.95 bits per heavy atom. The molecule has 1 aromatic heterocycles. The minimum absolute atomic E-state index is 0.0459. The van der Waals surface area contributed by atoms with Crippen molar-refractivity contribution in [3.05, 3.63) is 17.9 Å². The Labute approximate surface area is 129 Å². The van der Waals surface area contributed by atoms with E-state index in [-0.39, 0.29) is 5.09 Å². The van der Waals surface area contributed by atoms with Gasteiger partial charge in [-0.25, -0.2) is 8.42 Å². The molecular weight excluding hydrogens is 308 g/mol. The molecule has 2 aliphatic heterocycles. The van der Waals surface area contributed by atoms with Crippen molar-refractivity contribution in [3.8, 4) is 0 Å². The van der Waals surface area contributed by atoms with Gasteiger partial charge in [0.2, 0.25) is 5.09 Å². The number of likely N-dealkylation sites (tertiary alicyclic amines) is 1. The number of rotatable bonds is 5. The zero-order valence-electron chi connectivity index (χ0n) is 12.3. The third-order valence-corrected chi connectivity index (χ3v) is 6.08. The highest BCUT2D eigenvalue weighted by Gasteiger charge is 2.33. The molecule has 7 nitrogen and oxygen atoms in total. The summed E-state index contributed by atoms with van der Waals surface area (Å²) in [5.41, 5.74) is 0. The minimum atomic E-state index is -3.55. The molecule has 0 bridgehead atoms. The lowest BCUT2D eigenvalue weighted by molar-refractivity contribution is -0.142. The Bertz CT molecular complexity index is 648. The van der Waals surface area contributed by atoms with Crippen LogP contribution in [-0.2, 0) is 21.4 Å². The summed E-state index contributed by atoms with van der Waals surface area (Å²) in [5.74, 6) is -0.347. The average Bonchev–Trinajstić information content (AvgIpc) is 3.21. The van der Waals surface area contributed by atoms with Crippen LogP contribution in [0.15, 0.2) is 21.6 Å². The second-order valence-corrected chi connectivity index (χ2v) is 7.67. The molecule has 122 valence electrons. The Balaban J connectivity index is 1.72. The van der Waals surface area contributed by atoms with Crippen LogP contribution in [0, 0.1) is 0 Å². The molecule has 0 amide bonds. The van der Waals surface area contributed by atoms with Crippen LogP contribution in [0.5, 0.6) is 0 Å². The normalized spacial score (nSPS) is 24.1. The number of hydrogen-bond acceptors (Lipinski definition) is 5. The van der Waals surface area contributed by atoms with Crippen molar-refractivity contribution in [2.75, 3.05) is 19.6 Å². The monoisotopic (exact) mass is 328 g/mol. The first-order valence-electron chi connectivity index (χ1n) is 7.54. The van der Waals surface area contributed by atoms with Crippen molar-refractivity contribution < 1.29 is 22.7 Å². The van der Waals surface area contributed by atoms with E-state index in [1.807, 2.05) is 4.90 Å². The topological polar surface area (TPSA) is 91.1 Å². The Morgan fingerprint density at radius 1 is 1.23 bits per heavy atom. The highest BCUT2D eigenvalue weighted by atomic mass is 32.2. The maximum atomic E-state index is 12.4. The number of furan rings is 1. The van der Waals surface area contributed by atoms with Crippen LogP contribution in [0.1, 0.15) is 31.4 Å². The van der Waals surface area contributed by atoms with Gasteiger partial charge in [0.05, 0.1) is 6.54 Å². The molecule has 0 spiro atoms. The fourth-order valence-corrected chi connectivity index (χ4v) is 4.58. The van der Waals surface area contributed by atoms with E-state index < -0.39 is 22.0 Å². The number of hydrogen-bond donors (Lipinski definition) is 1. The number of carboxylic acids is 1. The highest BCUT2D eigenvalue weighted by Crippen LogP contribution is 2.25. The third-order valence-electron chi connectivity index (χ3n) is 4.30. The van der Waals surface area contributed by atoms with E-state index in [4.69, 9.17) is 9.52 Å². The lowest BCUT2D eigenvalue weighted by Crippen LogP contribution is -2.35. The maximum absolute atomic E-state index is 12.4. The SMILES string of the molecule is O=C(O)C1CCCN1Cc1ccc(S(=O)(=O)N2CCCC2)o1. The molecule has 0 saturated carbocycles. The van der Waals surface area contributed by atoms with Gasteiger partial charge in [0, 0.05) is 13.1 Å². The third kappa shape index (κ3) is 2.90. The van der Waals surface area contributed by atoms with E-state index in [9.17, 15) is 13.2 Å². The Kier molecular flexibility index (Phi) is 4.24. The molecule has 0 aromatic carbocycles. The molecule has 1 unspecified atom stereocenters. The van der Waals surface area contributed by atoms with Crippen molar-refractivity contribution in [3.63, 3.8) is 0 Å². The summed E-state index contributed by atoms with van der Waals surface area (Å²) in [6, 6.07) is 2.58. The van der Waals surface area contributed by atoms with Gasteiger partial charge in [-0.2, -0.15) is 4.31 Å². The summed E-state index contributed by atoms with van der Waals surface area (Å²) >= 11 is 0. The quantitative estimate of drug-likeness (QED) is 0.871. The number of nitrogens with zero attached hydrogens (tertiary/aromatic N) is 2. The van der Waals surface area contributed by atoms with Crippen LogP contribution in [0.25, 0.3) is 0 Å². The van der Waals surface area contributed by atoms with E-state index in [1.54, 1.807) is 6.07 Å². The zero-order valence-corrected chi connectivity index (χ0v) is 13.1. The first-order chi connectivity index (χ1) is 10.5. The fourth-order valence-electron chi connectivity index (χ4n) is 3.13. The molecular formula is C14H20N2O5S. The lowest BCUT2D eigenvalue weighted by Gasteiger charge is -2.19. The minimum Gasteiger partial charge on any atom is -0.480 e. The van der Waals surface area contributed by atoms with Gasteiger partial charge in [0.1, 0.15) is 11.8 Å². The van der Waals surface area contributed by atoms with Gasteiger partial charge in [-0.05, 0) is 44.4 Å². The number of carboxylic acid groups (broad SMARTS) is 1. The van der Waals surface area contributed by atoms with E-state index in [0.717, 1.165) is 19.3 Å². The summed E-state index contributed by atoms with van der Waals surface area (Å²) in [5, 5.41) is 9.12. The second-order valence-electron chi connectivity index (χ2n) is 5.80. The van der Waals surface area contributed by atoms with Crippen LogP contribution in [0.4, 0.5) is 0 Å². The summed E-state index contributed by atoms with van der Waals surface area (Å²) in [6.07, 6.45) is 3.20. The van der Waals surface area contributed by atoms with Gasteiger partial charge in [0.15, 0.2) is 0 Å². The molecule has 3 rings (SSSR count). The molecule has 1 atom stereocenters. The lowest BCUT2D eigenvalue weighted by atomic mass is 10.2. The van der Waals surface area contributed by atoms with Gasteiger partial charge in [-0.1, -0.05) is 0 Å². The fraction of sp³-hybridized carbons (Fsp3) is 0.643. The first-order valence-corrected chi connectivity index (χ1v) is 8.98. The number of sulfonamides is 1. The second kappa shape index (κ2) is 6.02. The maximum Gasteiger partial charge on any atom is 0.320 e. The van der Waals surface area contributed by atoms with Crippen LogP contribution in [0.2, 0.25) is 0 Å². The molecule has 3 heterocycles. The molecule has 1 aromatic rings. The van der Waals surface area contributed by atoms with Gasteiger partial charge in [-0.3, -0.25) is 9.69 Å². The predicted molar refractivity (Wildman–Crippen MR) is 77.8 cm³/mol. The Morgan fingerprint density at radius 3 is 2.64 bits per heavy atom. The van der Waals surface area contributed by atoms with Crippen molar-refractivity contribution in [2.24, 2.45) is 0 Å². The van der Waals surface area contributed by atoms with Crippen LogP contribution < -0.4 is 0 Å². The van der Waals surface area contributed by atoms with Gasteiger partial charge in [-0.15, -0.1) is 0 Å². The van der Waals surface area contributed by atoms with Crippen molar-refractivity contribution in [2.45, 2.75) is 43.4 Å². The summed E-state index contributed by atoms with van der Waals surface area (Å²) in [7, 11) is -3.55. The largest absolute Gasteiger partial charge is 0.480 e. The zero-order chi connectivity index (χ0) is 15.7. The highest BCUT2D eigenvalue weighted by molar-refractivity contribution is 7.89. The molecule has 0 aliphatic carbocycles. The first kappa shape index (κ1) is 15.5. The standard InChI is InChI=1S/C14H20N2O5S/c17-14(18)12-4-3-7-15(12)10-11-5-6-13(21-11)22(19,20)16-8-1-2-9-16/h5-6,12H,1-4,7-10H2,(H,17,18). The number of aliphatic carboxylic acids is 1. The smallest absolute Gasteiger partial charge is 0.320 e. The molecule has 1 N–H and O–H groups in total. The van der Waals surface area contributed by atoms with E-state index in [2.05, 4.69) is 0 Å². The summed E-state index contributed by atoms with van der Waals surface area (Å²) in [4.78, 5) is 13.0. The van der Waals surface area contributed by atoms with Gasteiger partial charge < -0.3 is 9.52 Å². The van der Waals surface area contributed by atoms with E-state index >= 15 is 0 Å². The summed E-state index contributed by atoms with van der Waals surface area (Å²) < 4.78 is 31.7. The van der Waals surface area contributed by atoms with Crippen LogP contribution in [0.3, 0.4) is 0 Å². The molecule has 2 saturated heterocycles. The van der Waals surface area contributed by atoms with Crippen molar-refractivity contribution >= 4 is 16.0 Å². The molecule has 22 heavy (non-hydrogen) atoms. The van der Waals surface area contributed by atoms with Crippen LogP contribution in [-0.4, -0.2) is 54.4 Å². The molecule has 2 aliphatic rings.